The van der Waals surface area contributed by atoms with Crippen molar-refractivity contribution in [3.8, 4) is 6.01 Å². The van der Waals surface area contributed by atoms with Gasteiger partial charge in [-0.2, -0.15) is 15.0 Å². The Morgan fingerprint density at radius 3 is 2.90 bits per heavy atom. The summed E-state index contributed by atoms with van der Waals surface area (Å²) in [5.41, 5.74) is 2.42. The smallest absolute Gasteiger partial charge is 0.323 e. The summed E-state index contributed by atoms with van der Waals surface area (Å²) in [6.45, 7) is 3.23. The number of hydrogen-bond donors (Lipinski definition) is 3. The summed E-state index contributed by atoms with van der Waals surface area (Å²) in [5.74, 6) is 6.15. The topological polar surface area (TPSA) is 109 Å². The molecule has 0 amide bonds. The molecule has 4 N–H and O–H groups in total. The van der Waals surface area contributed by atoms with Crippen LogP contribution in [-0.2, 0) is 0 Å². The van der Waals surface area contributed by atoms with Crippen molar-refractivity contribution in [3.63, 3.8) is 0 Å². The zero-order valence-electron chi connectivity index (χ0n) is 11.7. The van der Waals surface area contributed by atoms with Crippen LogP contribution in [-0.4, -0.2) is 45.9 Å². The van der Waals surface area contributed by atoms with Crippen molar-refractivity contribution in [2.24, 2.45) is 5.84 Å². The number of nitrogens with zero attached hydrogens (tertiary/aromatic N) is 4. The molecule has 0 saturated carbocycles. The monoisotopic (exact) mass is 282 g/mol. The molecule has 0 bridgehead atoms. The second-order valence-electron chi connectivity index (χ2n) is 4.70. The van der Waals surface area contributed by atoms with Crippen molar-refractivity contribution in [2.75, 3.05) is 30.1 Å². The van der Waals surface area contributed by atoms with Gasteiger partial charge in [0, 0.05) is 6.54 Å². The van der Waals surface area contributed by atoms with E-state index in [0.717, 1.165) is 32.2 Å². The van der Waals surface area contributed by atoms with Gasteiger partial charge in [-0.3, -0.25) is 5.43 Å². The van der Waals surface area contributed by atoms with Crippen LogP contribution in [0.15, 0.2) is 0 Å². The minimum Gasteiger partial charge on any atom is -0.464 e. The molecule has 0 aliphatic carbocycles. The number of aliphatic hydroxyl groups is 1. The molecule has 112 valence electrons. The lowest BCUT2D eigenvalue weighted by molar-refractivity contribution is 0.253. The van der Waals surface area contributed by atoms with E-state index < -0.39 is 0 Å². The number of aromatic nitrogens is 3. The lowest BCUT2D eigenvalue weighted by Crippen LogP contribution is -2.39. The van der Waals surface area contributed by atoms with Gasteiger partial charge in [-0.1, -0.05) is 12.8 Å². The molecule has 0 aromatic carbocycles. The van der Waals surface area contributed by atoms with E-state index in [2.05, 4.69) is 20.4 Å². The predicted molar refractivity (Wildman–Crippen MR) is 75.5 cm³/mol. The van der Waals surface area contributed by atoms with Crippen LogP contribution < -0.4 is 20.9 Å². The minimum absolute atomic E-state index is 0.0278. The van der Waals surface area contributed by atoms with Gasteiger partial charge in [-0.25, -0.2) is 5.84 Å². The maximum absolute atomic E-state index is 9.56. The van der Waals surface area contributed by atoms with Crippen molar-refractivity contribution in [1.82, 2.24) is 15.0 Å². The molecule has 2 rings (SSSR count). The Morgan fingerprint density at radius 2 is 2.20 bits per heavy atom. The van der Waals surface area contributed by atoms with Gasteiger partial charge in [0.25, 0.3) is 0 Å². The Bertz CT molecular complexity index is 430. The predicted octanol–water partition coefficient (Wildman–Crippen LogP) is 0.297. The molecular weight excluding hydrogens is 260 g/mol. The van der Waals surface area contributed by atoms with Gasteiger partial charge in [-0.05, 0) is 19.8 Å². The first kappa shape index (κ1) is 14.7. The number of hydrogen-bond acceptors (Lipinski definition) is 8. The molecule has 8 nitrogen and oxygen atoms in total. The van der Waals surface area contributed by atoms with E-state index in [4.69, 9.17) is 10.6 Å². The highest BCUT2D eigenvalue weighted by Gasteiger charge is 2.24. The largest absolute Gasteiger partial charge is 0.464 e. The minimum atomic E-state index is 0.0278. The number of anilines is 2. The molecule has 1 aliphatic heterocycles. The summed E-state index contributed by atoms with van der Waals surface area (Å²) in [7, 11) is 0. The van der Waals surface area contributed by atoms with Gasteiger partial charge in [-0.15, -0.1) is 0 Å². The number of aliphatic hydroxyl groups excluding tert-OH is 1. The Morgan fingerprint density at radius 1 is 1.35 bits per heavy atom. The molecule has 1 fully saturated rings. The van der Waals surface area contributed by atoms with Crippen molar-refractivity contribution < 1.29 is 9.84 Å². The molecule has 2 heterocycles. The van der Waals surface area contributed by atoms with Crippen LogP contribution in [0.2, 0.25) is 0 Å². The number of rotatable bonds is 5. The van der Waals surface area contributed by atoms with Gasteiger partial charge in [0.1, 0.15) is 0 Å². The third-order valence-corrected chi connectivity index (χ3v) is 3.35. The molecule has 1 unspecified atom stereocenters. The van der Waals surface area contributed by atoms with Crippen LogP contribution in [0.5, 0.6) is 6.01 Å². The van der Waals surface area contributed by atoms with Crippen LogP contribution in [0.1, 0.15) is 32.6 Å². The van der Waals surface area contributed by atoms with E-state index >= 15 is 0 Å². The molecule has 1 aromatic rings. The fraction of sp³-hybridized carbons (Fsp3) is 0.750. The summed E-state index contributed by atoms with van der Waals surface area (Å²) in [6, 6.07) is 0.270. The van der Waals surface area contributed by atoms with E-state index in [1.54, 1.807) is 0 Å². The van der Waals surface area contributed by atoms with Gasteiger partial charge in [0.05, 0.1) is 19.3 Å². The van der Waals surface area contributed by atoms with Crippen molar-refractivity contribution in [1.29, 1.82) is 0 Å². The highest BCUT2D eigenvalue weighted by molar-refractivity contribution is 5.39. The van der Waals surface area contributed by atoms with E-state index in [1.807, 2.05) is 11.8 Å². The van der Waals surface area contributed by atoms with Crippen LogP contribution in [0.25, 0.3) is 0 Å². The quantitative estimate of drug-likeness (QED) is 0.522. The van der Waals surface area contributed by atoms with Crippen LogP contribution in [0.4, 0.5) is 11.9 Å². The van der Waals surface area contributed by atoms with E-state index in [1.165, 1.54) is 0 Å². The highest BCUT2D eigenvalue weighted by atomic mass is 16.5. The molecule has 8 heteroatoms. The van der Waals surface area contributed by atoms with Gasteiger partial charge in [0.2, 0.25) is 11.9 Å². The molecular formula is C12H22N6O2. The average molecular weight is 282 g/mol. The van der Waals surface area contributed by atoms with Crippen LogP contribution >= 0.6 is 0 Å². The number of nitrogen functional groups attached to an aromatic ring is 1. The molecule has 0 radical (unpaired) electrons. The molecule has 1 aromatic heterocycles. The van der Waals surface area contributed by atoms with E-state index in [9.17, 15) is 5.11 Å². The van der Waals surface area contributed by atoms with Gasteiger partial charge >= 0.3 is 6.01 Å². The SMILES string of the molecule is CCOc1nc(NN)nc(N2CCCCCC2CO)n1. The maximum atomic E-state index is 9.56. The summed E-state index contributed by atoms with van der Waals surface area (Å²) in [4.78, 5) is 14.6. The summed E-state index contributed by atoms with van der Waals surface area (Å²) in [6.07, 6.45) is 4.24. The number of nitrogens with two attached hydrogens (primary N) is 1. The third kappa shape index (κ3) is 3.45. The Hall–Kier alpha value is -1.67. The summed E-state index contributed by atoms with van der Waals surface area (Å²) >= 11 is 0. The lowest BCUT2D eigenvalue weighted by Gasteiger charge is -2.28. The molecule has 1 atom stereocenters. The Balaban J connectivity index is 2.30. The fourth-order valence-corrected chi connectivity index (χ4v) is 2.36. The second kappa shape index (κ2) is 7.20. The van der Waals surface area contributed by atoms with E-state index in [0.29, 0.717) is 12.6 Å². The molecule has 1 aliphatic rings. The second-order valence-corrected chi connectivity index (χ2v) is 4.70. The summed E-state index contributed by atoms with van der Waals surface area (Å²) in [5, 5.41) is 9.56. The first-order valence-corrected chi connectivity index (χ1v) is 7.01. The molecule has 1 saturated heterocycles. The fourth-order valence-electron chi connectivity index (χ4n) is 2.36. The first-order chi connectivity index (χ1) is 9.78. The highest BCUT2D eigenvalue weighted by Crippen LogP contribution is 2.23. The molecule has 20 heavy (non-hydrogen) atoms. The third-order valence-electron chi connectivity index (χ3n) is 3.35. The average Bonchev–Trinajstić information content (AvgIpc) is 2.72. The van der Waals surface area contributed by atoms with Crippen molar-refractivity contribution in [3.05, 3.63) is 0 Å². The van der Waals surface area contributed by atoms with Crippen LogP contribution in [0.3, 0.4) is 0 Å². The number of nitrogens with one attached hydrogen (secondary N) is 1. The number of ether oxygens (including phenoxy) is 1. The zero-order chi connectivity index (χ0) is 14.4. The maximum Gasteiger partial charge on any atom is 0.323 e. The van der Waals surface area contributed by atoms with Crippen LogP contribution in [0, 0.1) is 0 Å². The summed E-state index contributed by atoms with van der Waals surface area (Å²) < 4.78 is 5.33. The Kier molecular flexibility index (Phi) is 5.31. The van der Waals surface area contributed by atoms with E-state index in [-0.39, 0.29) is 24.6 Å². The molecule has 0 spiro atoms. The van der Waals surface area contributed by atoms with Crippen molar-refractivity contribution >= 4 is 11.9 Å². The lowest BCUT2D eigenvalue weighted by atomic mass is 10.1. The van der Waals surface area contributed by atoms with Crippen molar-refractivity contribution in [2.45, 2.75) is 38.6 Å². The first-order valence-electron chi connectivity index (χ1n) is 7.01. The van der Waals surface area contributed by atoms with Gasteiger partial charge < -0.3 is 14.7 Å². The standard InChI is InChI=1S/C12H22N6O2/c1-2-20-12-15-10(17-13)14-11(16-12)18-7-5-3-4-6-9(18)8-19/h9,19H,2-8,13H2,1H3,(H,14,15,16,17). The zero-order valence-corrected chi connectivity index (χ0v) is 11.7. The normalized spacial score (nSPS) is 19.6. The Labute approximate surface area is 118 Å². The number of hydrazine groups is 1. The van der Waals surface area contributed by atoms with Gasteiger partial charge in [0.15, 0.2) is 0 Å².